The maximum Gasteiger partial charge on any atom is 0.500 e. The van der Waals surface area contributed by atoms with Crippen molar-refractivity contribution in [3.8, 4) is 0 Å². The van der Waals surface area contributed by atoms with Crippen LogP contribution in [0.4, 0.5) is 4.79 Å². The van der Waals surface area contributed by atoms with Gasteiger partial charge in [-0.1, -0.05) is 13.8 Å². The van der Waals surface area contributed by atoms with Gasteiger partial charge >= 0.3 is 20.8 Å². The van der Waals surface area contributed by atoms with Gasteiger partial charge in [-0.25, -0.2) is 4.79 Å². The highest BCUT2D eigenvalue weighted by Crippen LogP contribution is 2.23. The minimum Gasteiger partial charge on any atom is -0.463 e. The topological polar surface area (TPSA) is 194 Å². The Morgan fingerprint density at radius 1 is 0.976 bits per heavy atom. The summed E-state index contributed by atoms with van der Waals surface area (Å²) in [6.07, 6.45) is -1.24. The molecule has 0 saturated heterocycles. The average molecular weight is 661 g/mol. The molecule has 0 aliphatic carbocycles. The molecule has 42 heavy (non-hydrogen) atoms. The van der Waals surface area contributed by atoms with Crippen molar-refractivity contribution < 1.29 is 42.9 Å². The molecular formula is C26H56N4O9S2Si. The van der Waals surface area contributed by atoms with Crippen molar-refractivity contribution >= 4 is 44.3 Å². The van der Waals surface area contributed by atoms with Gasteiger partial charge in [-0.15, -0.1) is 0 Å². The lowest BCUT2D eigenvalue weighted by Crippen LogP contribution is -2.46. The van der Waals surface area contributed by atoms with Crippen LogP contribution in [0.2, 0.25) is 6.04 Å². The first-order valence-corrected chi connectivity index (χ1v) is 18.9. The second-order valence-electron chi connectivity index (χ2n) is 10.0. The number of carbonyl (C=O) groups is 2. The summed E-state index contributed by atoms with van der Waals surface area (Å²) >= 11 is 3.08. The van der Waals surface area contributed by atoms with Crippen LogP contribution >= 0.6 is 23.5 Å². The lowest BCUT2D eigenvalue weighted by molar-refractivity contribution is -0.150. The number of nitrogens with one attached hydrogen (secondary N) is 3. The van der Waals surface area contributed by atoms with E-state index in [1.807, 2.05) is 20.8 Å². The normalized spacial score (nSPS) is 15.5. The van der Waals surface area contributed by atoms with E-state index in [0.717, 1.165) is 0 Å². The molecule has 16 heteroatoms. The number of ether oxygens (including phenoxy) is 1. The third kappa shape index (κ3) is 18.9. The molecule has 0 saturated carbocycles. The van der Waals surface area contributed by atoms with Crippen LogP contribution < -0.4 is 21.7 Å². The smallest absolute Gasteiger partial charge is 0.463 e. The molecule has 0 radical (unpaired) electrons. The van der Waals surface area contributed by atoms with Crippen molar-refractivity contribution in [1.29, 1.82) is 0 Å². The maximum absolute atomic E-state index is 12.2. The van der Waals surface area contributed by atoms with Crippen LogP contribution in [-0.2, 0) is 22.8 Å². The van der Waals surface area contributed by atoms with Gasteiger partial charge in [-0.05, 0) is 27.2 Å². The maximum atomic E-state index is 12.2. The highest BCUT2D eigenvalue weighted by atomic mass is 32.2. The van der Waals surface area contributed by atoms with Crippen molar-refractivity contribution in [2.75, 3.05) is 82.2 Å². The Morgan fingerprint density at radius 2 is 1.57 bits per heavy atom. The third-order valence-electron chi connectivity index (χ3n) is 6.07. The van der Waals surface area contributed by atoms with Crippen LogP contribution in [0.1, 0.15) is 41.0 Å². The second-order valence-corrected chi connectivity index (χ2v) is 15.0. The van der Waals surface area contributed by atoms with E-state index in [9.17, 15) is 24.9 Å². The van der Waals surface area contributed by atoms with Gasteiger partial charge in [0.2, 0.25) is 0 Å². The fourth-order valence-corrected chi connectivity index (χ4v) is 8.13. The van der Waals surface area contributed by atoms with E-state index in [1.54, 1.807) is 13.8 Å². The van der Waals surface area contributed by atoms with Crippen LogP contribution in [0.25, 0.3) is 0 Å². The van der Waals surface area contributed by atoms with Crippen LogP contribution in [0.3, 0.4) is 0 Å². The van der Waals surface area contributed by atoms with Crippen LogP contribution in [-0.4, -0.2) is 131 Å². The van der Waals surface area contributed by atoms with E-state index < -0.39 is 26.6 Å². The van der Waals surface area contributed by atoms with Gasteiger partial charge in [0, 0.05) is 80.5 Å². The molecule has 4 atom stereocenters. The Morgan fingerprint density at radius 3 is 2.14 bits per heavy atom. The van der Waals surface area contributed by atoms with E-state index in [2.05, 4.69) is 16.0 Å². The van der Waals surface area contributed by atoms with Gasteiger partial charge in [0.05, 0.1) is 12.5 Å². The number of rotatable bonds is 27. The molecular weight excluding hydrogens is 605 g/mol. The van der Waals surface area contributed by atoms with Gasteiger partial charge in [0.1, 0.15) is 18.9 Å². The summed E-state index contributed by atoms with van der Waals surface area (Å²) in [5.74, 6) is 1.67. The first kappa shape index (κ1) is 41.3. The first-order valence-electron chi connectivity index (χ1n) is 14.7. The molecule has 250 valence electrons. The minimum absolute atomic E-state index is 0.0963. The van der Waals surface area contributed by atoms with Crippen LogP contribution in [0.5, 0.6) is 0 Å². The molecule has 0 aromatic carbocycles. The van der Waals surface area contributed by atoms with Gasteiger partial charge in [0.25, 0.3) is 0 Å². The molecule has 2 amide bonds. The van der Waals surface area contributed by atoms with Gasteiger partial charge in [-0.3, -0.25) is 4.79 Å². The molecule has 0 bridgehead atoms. The number of carbonyl (C=O) groups excluding carboxylic acids is 2. The zero-order valence-electron chi connectivity index (χ0n) is 26.0. The number of thioether (sulfide) groups is 2. The standard InChI is InChI=1S/C26H56N4O9S2Si/c1-6-37-42(38-7-2,39-8-3)15-9-10-29-25(35)30-12-14-40-18-21(4)23(33)36-17-22(32)16-28-11-13-41-20-26(5,19-31)24(27)34/h21-22,24,28,31-32,34H,6-20,27H2,1-5H3,(H2,29,30,35). The molecule has 8 N–H and O–H groups in total. The monoisotopic (exact) mass is 660 g/mol. The molecule has 0 heterocycles. The number of urea groups is 1. The summed E-state index contributed by atoms with van der Waals surface area (Å²) in [5, 5.41) is 37.7. The number of hydrogen-bond acceptors (Lipinski definition) is 13. The number of esters is 1. The largest absolute Gasteiger partial charge is 0.500 e. The lowest BCUT2D eigenvalue weighted by Gasteiger charge is -2.29. The van der Waals surface area contributed by atoms with E-state index in [0.29, 0.717) is 74.9 Å². The predicted octanol–water partition coefficient (Wildman–Crippen LogP) is 0.596. The fraction of sp³-hybridized carbons (Fsp3) is 0.923. The lowest BCUT2D eigenvalue weighted by atomic mass is 9.93. The molecule has 0 aromatic heterocycles. The Labute approximate surface area is 261 Å². The number of nitrogens with two attached hydrogens (primary N) is 1. The van der Waals surface area contributed by atoms with Gasteiger partial charge < -0.3 is 55.0 Å². The molecule has 4 unspecified atom stereocenters. The number of aliphatic hydroxyl groups excluding tert-OH is 3. The van der Waals surface area contributed by atoms with Crippen molar-refractivity contribution in [3.05, 3.63) is 0 Å². The quantitative estimate of drug-likeness (QED) is 0.0281. The molecule has 0 aliphatic heterocycles. The molecule has 0 rings (SSSR count). The van der Waals surface area contributed by atoms with E-state index in [-0.39, 0.29) is 37.7 Å². The fourth-order valence-electron chi connectivity index (χ4n) is 3.46. The second kappa shape index (κ2) is 24.6. The predicted molar refractivity (Wildman–Crippen MR) is 170 cm³/mol. The van der Waals surface area contributed by atoms with Crippen molar-refractivity contribution in [2.45, 2.75) is 59.4 Å². The Hall–Kier alpha value is -0.663. The number of amides is 2. The Balaban J connectivity index is 3.94. The Kier molecular flexibility index (Phi) is 24.2. The van der Waals surface area contributed by atoms with E-state index in [1.165, 1.54) is 23.5 Å². The summed E-state index contributed by atoms with van der Waals surface area (Å²) in [6, 6.07) is 0.381. The van der Waals surface area contributed by atoms with Gasteiger partial charge in [0.15, 0.2) is 0 Å². The van der Waals surface area contributed by atoms with Crippen LogP contribution in [0, 0.1) is 11.3 Å². The summed E-state index contributed by atoms with van der Waals surface area (Å²) in [5.41, 5.74) is 4.75. The molecule has 13 nitrogen and oxygen atoms in total. The Bertz CT molecular complexity index is 702. The number of aliphatic hydroxyl groups is 3. The van der Waals surface area contributed by atoms with Gasteiger partial charge in [-0.2, -0.15) is 23.5 Å². The minimum atomic E-state index is -2.70. The first-order chi connectivity index (χ1) is 20.0. The van der Waals surface area contributed by atoms with E-state index >= 15 is 0 Å². The summed E-state index contributed by atoms with van der Waals surface area (Å²) in [6.45, 7) is 12.3. The number of hydrogen-bond donors (Lipinski definition) is 7. The molecule has 0 aromatic rings. The average Bonchev–Trinajstić information content (AvgIpc) is 2.95. The van der Waals surface area contributed by atoms with Crippen molar-refractivity contribution in [3.63, 3.8) is 0 Å². The SMILES string of the molecule is CCO[Si](CCCNC(=O)NCCSCC(C)C(=O)OCC(O)CNCCSCC(C)(CO)C(N)O)(OCC)OCC. The van der Waals surface area contributed by atoms with Crippen molar-refractivity contribution in [1.82, 2.24) is 16.0 Å². The highest BCUT2D eigenvalue weighted by Gasteiger charge is 2.39. The summed E-state index contributed by atoms with van der Waals surface area (Å²) in [4.78, 5) is 24.3. The zero-order valence-corrected chi connectivity index (χ0v) is 28.7. The molecule has 0 spiro atoms. The van der Waals surface area contributed by atoms with E-state index in [4.69, 9.17) is 23.7 Å². The summed E-state index contributed by atoms with van der Waals surface area (Å²) < 4.78 is 22.7. The molecule has 0 aliphatic rings. The molecule has 0 fully saturated rings. The van der Waals surface area contributed by atoms with Crippen LogP contribution in [0.15, 0.2) is 0 Å². The zero-order chi connectivity index (χ0) is 31.9. The van der Waals surface area contributed by atoms with Crippen molar-refractivity contribution in [2.24, 2.45) is 17.1 Å². The third-order valence-corrected chi connectivity index (χ3v) is 11.8. The highest BCUT2D eigenvalue weighted by molar-refractivity contribution is 7.99. The summed E-state index contributed by atoms with van der Waals surface area (Å²) in [7, 11) is -2.70.